The van der Waals surface area contributed by atoms with Crippen LogP contribution in [0.3, 0.4) is 0 Å². The van der Waals surface area contributed by atoms with Crippen LogP contribution in [-0.2, 0) is 13.6 Å². The van der Waals surface area contributed by atoms with Crippen molar-refractivity contribution in [2.75, 3.05) is 25.6 Å². The van der Waals surface area contributed by atoms with Gasteiger partial charge in [-0.1, -0.05) is 41.9 Å². The van der Waals surface area contributed by atoms with Gasteiger partial charge in [-0.25, -0.2) is 0 Å². The van der Waals surface area contributed by atoms with E-state index in [-0.39, 0.29) is 0 Å². The van der Waals surface area contributed by atoms with Crippen LogP contribution >= 0.6 is 19.2 Å². The zero-order chi connectivity index (χ0) is 17.6. The number of anilines is 1. The van der Waals surface area contributed by atoms with Gasteiger partial charge in [0.15, 0.2) is 0 Å². The van der Waals surface area contributed by atoms with Crippen LogP contribution in [0.25, 0.3) is 0 Å². The first-order valence-electron chi connectivity index (χ1n) is 7.96. The van der Waals surface area contributed by atoms with Crippen molar-refractivity contribution in [2.24, 2.45) is 0 Å². The molecule has 0 aliphatic heterocycles. The lowest BCUT2D eigenvalue weighted by Crippen LogP contribution is -2.10. The lowest BCUT2D eigenvalue weighted by molar-refractivity contribution is 0.215. The summed E-state index contributed by atoms with van der Waals surface area (Å²) in [5.74, 6) is 0. The standard InChI is InChI=1S/C18H23ClNO3P/c1-4-22-24(21,23-5-2)18(14-9-7-6-8-10-14)16-13-15(19)11-12-17(16)20-3/h6-13,18,20H,4-5H2,1-3H3. The van der Waals surface area contributed by atoms with E-state index in [2.05, 4.69) is 5.32 Å². The van der Waals surface area contributed by atoms with E-state index >= 15 is 0 Å². The average molecular weight is 368 g/mol. The second kappa shape index (κ2) is 8.68. The van der Waals surface area contributed by atoms with Crippen LogP contribution in [0.2, 0.25) is 5.02 Å². The summed E-state index contributed by atoms with van der Waals surface area (Å²) in [5, 5.41) is 3.71. The van der Waals surface area contributed by atoms with Gasteiger partial charge in [-0.15, -0.1) is 0 Å². The zero-order valence-corrected chi connectivity index (χ0v) is 15.8. The monoisotopic (exact) mass is 367 g/mol. The van der Waals surface area contributed by atoms with Crippen molar-refractivity contribution in [3.8, 4) is 0 Å². The summed E-state index contributed by atoms with van der Waals surface area (Å²) in [4.78, 5) is 0. The Morgan fingerprint density at radius 1 is 1.08 bits per heavy atom. The lowest BCUT2D eigenvalue weighted by atomic mass is 10.0. The summed E-state index contributed by atoms with van der Waals surface area (Å²) >= 11 is 6.21. The quantitative estimate of drug-likeness (QED) is 0.604. The normalized spacial score (nSPS) is 12.8. The molecule has 0 heterocycles. The highest BCUT2D eigenvalue weighted by molar-refractivity contribution is 7.54. The van der Waals surface area contributed by atoms with E-state index in [0.717, 1.165) is 16.8 Å². The van der Waals surface area contributed by atoms with Crippen LogP contribution in [-0.4, -0.2) is 20.3 Å². The fourth-order valence-electron chi connectivity index (χ4n) is 2.70. The Labute approximate surface area is 148 Å². The Balaban J connectivity index is 2.68. The molecule has 2 aromatic rings. The van der Waals surface area contributed by atoms with Crippen molar-refractivity contribution >= 4 is 24.9 Å². The molecule has 24 heavy (non-hydrogen) atoms. The smallest absolute Gasteiger partial charge is 0.342 e. The summed E-state index contributed by atoms with van der Waals surface area (Å²) in [6, 6.07) is 15.1. The Bertz CT molecular complexity index is 699. The molecule has 2 aromatic carbocycles. The minimum Gasteiger partial charge on any atom is -0.388 e. The molecule has 0 aromatic heterocycles. The molecule has 2 rings (SSSR count). The molecule has 0 saturated carbocycles. The van der Waals surface area contributed by atoms with Gasteiger partial charge >= 0.3 is 7.60 Å². The highest BCUT2D eigenvalue weighted by atomic mass is 35.5. The van der Waals surface area contributed by atoms with Gasteiger partial charge in [0.25, 0.3) is 0 Å². The van der Waals surface area contributed by atoms with Gasteiger partial charge in [0.2, 0.25) is 0 Å². The van der Waals surface area contributed by atoms with Crippen LogP contribution < -0.4 is 5.32 Å². The molecule has 0 radical (unpaired) electrons. The predicted octanol–water partition coefficient (Wildman–Crippen LogP) is 5.74. The molecule has 130 valence electrons. The molecular weight excluding hydrogens is 345 g/mol. The summed E-state index contributed by atoms with van der Waals surface area (Å²) in [6.07, 6.45) is 0. The Kier molecular flexibility index (Phi) is 6.88. The van der Waals surface area contributed by atoms with Crippen molar-refractivity contribution < 1.29 is 13.6 Å². The van der Waals surface area contributed by atoms with Crippen LogP contribution in [0.15, 0.2) is 48.5 Å². The maximum absolute atomic E-state index is 13.6. The van der Waals surface area contributed by atoms with Gasteiger partial charge in [0.1, 0.15) is 5.66 Å². The first-order chi connectivity index (χ1) is 11.6. The van der Waals surface area contributed by atoms with Crippen molar-refractivity contribution in [2.45, 2.75) is 19.5 Å². The highest BCUT2D eigenvalue weighted by Gasteiger charge is 2.39. The second-order valence-electron chi connectivity index (χ2n) is 5.17. The van der Waals surface area contributed by atoms with Gasteiger partial charge in [-0.3, -0.25) is 4.57 Å². The molecule has 1 N–H and O–H groups in total. The number of benzene rings is 2. The summed E-state index contributed by atoms with van der Waals surface area (Å²) in [5.41, 5.74) is 1.94. The van der Waals surface area contributed by atoms with Crippen LogP contribution in [0.1, 0.15) is 30.6 Å². The van der Waals surface area contributed by atoms with Crippen molar-refractivity contribution in [1.82, 2.24) is 0 Å². The van der Waals surface area contributed by atoms with Gasteiger partial charge < -0.3 is 14.4 Å². The minimum atomic E-state index is -3.43. The van der Waals surface area contributed by atoms with Gasteiger partial charge in [0.05, 0.1) is 13.2 Å². The maximum Gasteiger partial charge on any atom is 0.342 e. The third-order valence-corrected chi connectivity index (χ3v) is 6.31. The molecule has 1 unspecified atom stereocenters. The summed E-state index contributed by atoms with van der Waals surface area (Å²) in [6.45, 7) is 4.22. The van der Waals surface area contributed by atoms with Gasteiger partial charge in [-0.05, 0) is 43.2 Å². The molecule has 1 atom stereocenters. The summed E-state index contributed by atoms with van der Waals surface area (Å²) < 4.78 is 24.9. The van der Waals surface area contributed by atoms with E-state index < -0.39 is 13.3 Å². The number of rotatable bonds is 8. The van der Waals surface area contributed by atoms with E-state index in [1.165, 1.54) is 0 Å². The molecule has 0 spiro atoms. The Hall–Kier alpha value is -1.32. The van der Waals surface area contributed by atoms with E-state index in [1.807, 2.05) is 63.4 Å². The van der Waals surface area contributed by atoms with Gasteiger partial charge in [0, 0.05) is 17.8 Å². The molecule has 0 aliphatic carbocycles. The van der Waals surface area contributed by atoms with E-state index in [4.69, 9.17) is 20.6 Å². The fourth-order valence-corrected chi connectivity index (χ4v) is 5.07. The first-order valence-corrected chi connectivity index (χ1v) is 9.95. The number of hydrogen-bond acceptors (Lipinski definition) is 4. The third-order valence-electron chi connectivity index (χ3n) is 3.63. The Morgan fingerprint density at radius 2 is 1.71 bits per heavy atom. The molecular formula is C18H23ClNO3P. The molecule has 0 aliphatic rings. The van der Waals surface area contributed by atoms with Crippen LogP contribution in [0, 0.1) is 0 Å². The number of halogens is 1. The fraction of sp³-hybridized carbons (Fsp3) is 0.333. The molecule has 0 saturated heterocycles. The third kappa shape index (κ3) is 4.20. The second-order valence-corrected chi connectivity index (χ2v) is 7.72. The van der Waals surface area contributed by atoms with Crippen LogP contribution in [0.5, 0.6) is 0 Å². The molecule has 0 bridgehead atoms. The van der Waals surface area contributed by atoms with E-state index in [0.29, 0.717) is 18.2 Å². The highest BCUT2D eigenvalue weighted by Crippen LogP contribution is 2.64. The first kappa shape index (κ1) is 19.0. The SMILES string of the molecule is CCOP(=O)(OCC)C(c1ccccc1)c1cc(Cl)ccc1NC. The minimum absolute atomic E-state index is 0.302. The molecule has 0 fully saturated rings. The van der Waals surface area contributed by atoms with E-state index in [1.54, 1.807) is 6.07 Å². The predicted molar refractivity (Wildman–Crippen MR) is 100 cm³/mol. The topological polar surface area (TPSA) is 47.6 Å². The maximum atomic E-state index is 13.6. The molecule has 6 heteroatoms. The zero-order valence-electron chi connectivity index (χ0n) is 14.2. The van der Waals surface area contributed by atoms with Crippen molar-refractivity contribution in [3.05, 3.63) is 64.7 Å². The van der Waals surface area contributed by atoms with Gasteiger partial charge in [-0.2, -0.15) is 0 Å². The summed E-state index contributed by atoms with van der Waals surface area (Å²) in [7, 11) is -1.61. The van der Waals surface area contributed by atoms with Crippen molar-refractivity contribution in [3.63, 3.8) is 0 Å². The average Bonchev–Trinajstić information content (AvgIpc) is 2.56. The molecule has 4 nitrogen and oxygen atoms in total. The van der Waals surface area contributed by atoms with E-state index in [9.17, 15) is 4.57 Å². The number of nitrogens with one attached hydrogen (secondary N) is 1. The largest absolute Gasteiger partial charge is 0.388 e. The number of hydrogen-bond donors (Lipinski definition) is 1. The lowest BCUT2D eigenvalue weighted by Gasteiger charge is -2.28. The Morgan fingerprint density at radius 3 is 2.25 bits per heavy atom. The van der Waals surface area contributed by atoms with Crippen molar-refractivity contribution in [1.29, 1.82) is 0 Å². The van der Waals surface area contributed by atoms with Crippen LogP contribution in [0.4, 0.5) is 5.69 Å². The molecule has 0 amide bonds.